The minimum absolute atomic E-state index is 0.108. The Morgan fingerprint density at radius 1 is 1.11 bits per heavy atom. The highest BCUT2D eigenvalue weighted by Crippen LogP contribution is 2.27. The molecule has 0 spiro atoms. The molecule has 0 aliphatic heterocycles. The quantitative estimate of drug-likeness (QED) is 0.259. The van der Waals surface area contributed by atoms with Gasteiger partial charge in [0.05, 0.1) is 9.78 Å². The highest BCUT2D eigenvalue weighted by atomic mass is 127. The lowest BCUT2D eigenvalue weighted by molar-refractivity contribution is -0.123. The van der Waals surface area contributed by atoms with E-state index < -0.39 is 5.91 Å². The molecule has 0 aliphatic carbocycles. The number of halogens is 2. The Bertz CT molecular complexity index is 993. The molecule has 0 saturated carbocycles. The highest BCUT2D eigenvalue weighted by Gasteiger charge is 2.06. The molecule has 0 saturated heterocycles. The largest absolute Gasteiger partial charge is 0.506 e. The summed E-state index contributed by atoms with van der Waals surface area (Å²) in [5.41, 5.74) is 5.07. The number of carbonyl (C=O) groups is 1. The minimum atomic E-state index is -0.396. The van der Waals surface area contributed by atoms with Crippen molar-refractivity contribution in [2.45, 2.75) is 0 Å². The van der Waals surface area contributed by atoms with Crippen LogP contribution in [0.15, 0.2) is 76.3 Å². The number of aromatic hydroxyl groups is 1. The van der Waals surface area contributed by atoms with Crippen LogP contribution in [0, 0.1) is 3.57 Å². The third kappa shape index (κ3) is 5.56. The number of carbonyl (C=O) groups excluding carboxylic acids is 1. The van der Waals surface area contributed by atoms with Crippen LogP contribution in [0.1, 0.15) is 5.56 Å². The van der Waals surface area contributed by atoms with Gasteiger partial charge in [0.15, 0.2) is 6.61 Å². The fourth-order valence-corrected chi connectivity index (χ4v) is 3.96. The number of rotatable bonds is 6. The zero-order valence-electron chi connectivity index (χ0n) is 14.6. The second-order valence-electron chi connectivity index (χ2n) is 5.80. The Kier molecular flexibility index (Phi) is 7.05. The summed E-state index contributed by atoms with van der Waals surface area (Å²) >= 11 is 5.37. The van der Waals surface area contributed by atoms with E-state index in [-0.39, 0.29) is 12.4 Å². The molecule has 142 valence electrons. The van der Waals surface area contributed by atoms with Gasteiger partial charge in [-0.25, -0.2) is 5.43 Å². The fourth-order valence-electron chi connectivity index (χ4n) is 2.41. The lowest BCUT2D eigenvalue weighted by Crippen LogP contribution is -2.24. The molecule has 7 heteroatoms. The van der Waals surface area contributed by atoms with Crippen LogP contribution in [0.25, 0.3) is 11.1 Å². The Morgan fingerprint density at radius 3 is 2.50 bits per heavy atom. The van der Waals surface area contributed by atoms with Crippen molar-refractivity contribution in [3.8, 4) is 22.6 Å². The monoisotopic (exact) mass is 550 g/mol. The van der Waals surface area contributed by atoms with Crippen LogP contribution in [0.4, 0.5) is 0 Å². The summed E-state index contributed by atoms with van der Waals surface area (Å²) in [4.78, 5) is 11.9. The van der Waals surface area contributed by atoms with E-state index in [0.29, 0.717) is 14.9 Å². The average molecular weight is 551 g/mol. The zero-order chi connectivity index (χ0) is 19.9. The standard InChI is InChI=1S/C21H16BrIN2O3/c22-17-10-16(21(27)19(23)11-17)12-24-25-20(26)13-28-18-8-6-15(7-9-18)14-4-2-1-3-5-14/h1-12,27H,13H2,(H,25,26)/b24-12+. The molecule has 28 heavy (non-hydrogen) atoms. The highest BCUT2D eigenvalue weighted by molar-refractivity contribution is 14.1. The Balaban J connectivity index is 1.52. The molecule has 2 N–H and O–H groups in total. The first-order valence-corrected chi connectivity index (χ1v) is 10.2. The van der Waals surface area contributed by atoms with Gasteiger partial charge in [-0.15, -0.1) is 0 Å². The Hall–Kier alpha value is -2.39. The van der Waals surface area contributed by atoms with Crippen molar-refractivity contribution in [3.63, 3.8) is 0 Å². The van der Waals surface area contributed by atoms with Crippen molar-refractivity contribution in [1.29, 1.82) is 0 Å². The molecule has 1 amide bonds. The number of phenols is 1. The van der Waals surface area contributed by atoms with Gasteiger partial charge in [0, 0.05) is 10.0 Å². The average Bonchev–Trinajstić information content (AvgIpc) is 2.71. The van der Waals surface area contributed by atoms with Gasteiger partial charge in [-0.2, -0.15) is 5.10 Å². The number of ether oxygens (including phenoxy) is 1. The van der Waals surface area contributed by atoms with Crippen LogP contribution < -0.4 is 10.2 Å². The first-order chi connectivity index (χ1) is 13.5. The number of amides is 1. The van der Waals surface area contributed by atoms with Crippen molar-refractivity contribution >= 4 is 50.6 Å². The zero-order valence-corrected chi connectivity index (χ0v) is 18.3. The number of hydrazone groups is 1. The van der Waals surface area contributed by atoms with Crippen LogP contribution in [0.2, 0.25) is 0 Å². The van der Waals surface area contributed by atoms with Crippen LogP contribution in [-0.4, -0.2) is 23.8 Å². The maximum absolute atomic E-state index is 11.9. The lowest BCUT2D eigenvalue weighted by Gasteiger charge is -2.07. The Morgan fingerprint density at radius 2 is 1.79 bits per heavy atom. The summed E-state index contributed by atoms with van der Waals surface area (Å²) in [6.45, 7) is -0.163. The topological polar surface area (TPSA) is 70.9 Å². The predicted octanol–water partition coefficient (Wildman–Crippen LogP) is 4.96. The van der Waals surface area contributed by atoms with E-state index in [2.05, 4.69) is 26.5 Å². The van der Waals surface area contributed by atoms with Gasteiger partial charge in [-0.3, -0.25) is 4.79 Å². The lowest BCUT2D eigenvalue weighted by atomic mass is 10.1. The van der Waals surface area contributed by atoms with Crippen molar-refractivity contribution in [1.82, 2.24) is 5.43 Å². The smallest absolute Gasteiger partial charge is 0.277 e. The maximum Gasteiger partial charge on any atom is 0.277 e. The van der Waals surface area contributed by atoms with Crippen molar-refractivity contribution < 1.29 is 14.6 Å². The third-order valence-corrected chi connectivity index (χ3v) is 5.06. The molecule has 3 rings (SSSR count). The molecule has 0 fully saturated rings. The van der Waals surface area contributed by atoms with Crippen molar-refractivity contribution in [3.05, 3.63) is 80.3 Å². The van der Waals surface area contributed by atoms with E-state index in [1.54, 1.807) is 12.1 Å². The molecule has 5 nitrogen and oxygen atoms in total. The molecule has 0 aromatic heterocycles. The molecule has 0 bridgehead atoms. The number of nitrogens with zero attached hydrogens (tertiary/aromatic N) is 1. The number of hydrogen-bond donors (Lipinski definition) is 2. The van der Waals surface area contributed by atoms with Crippen LogP contribution in [0.3, 0.4) is 0 Å². The van der Waals surface area contributed by atoms with Crippen LogP contribution >= 0.6 is 38.5 Å². The molecule has 0 radical (unpaired) electrons. The number of phenolic OH excluding ortho intramolecular Hbond substituents is 1. The van der Waals surface area contributed by atoms with E-state index in [0.717, 1.165) is 15.6 Å². The number of benzene rings is 3. The van der Waals surface area contributed by atoms with E-state index in [9.17, 15) is 9.90 Å². The van der Waals surface area contributed by atoms with Gasteiger partial charge in [0.1, 0.15) is 11.5 Å². The summed E-state index contributed by atoms with van der Waals surface area (Å²) in [5.74, 6) is 0.308. The van der Waals surface area contributed by atoms with Crippen molar-refractivity contribution in [2.75, 3.05) is 6.61 Å². The van der Waals surface area contributed by atoms with Crippen LogP contribution in [-0.2, 0) is 4.79 Å². The van der Waals surface area contributed by atoms with Gasteiger partial charge in [-0.05, 0) is 58.0 Å². The molecule has 0 atom stereocenters. The van der Waals surface area contributed by atoms with Gasteiger partial charge < -0.3 is 9.84 Å². The molecule has 3 aromatic rings. The van der Waals surface area contributed by atoms with E-state index in [1.807, 2.05) is 77.2 Å². The second-order valence-corrected chi connectivity index (χ2v) is 7.88. The molecule has 0 aliphatic rings. The molecule has 0 unspecified atom stereocenters. The summed E-state index contributed by atoms with van der Waals surface area (Å²) < 4.78 is 6.97. The molecular weight excluding hydrogens is 535 g/mol. The van der Waals surface area contributed by atoms with E-state index in [1.165, 1.54) is 6.21 Å². The normalized spacial score (nSPS) is 10.8. The minimum Gasteiger partial charge on any atom is -0.506 e. The summed E-state index contributed by atoms with van der Waals surface area (Å²) in [6, 6.07) is 21.0. The first-order valence-electron chi connectivity index (χ1n) is 8.31. The summed E-state index contributed by atoms with van der Waals surface area (Å²) in [5, 5.41) is 13.8. The van der Waals surface area contributed by atoms with E-state index in [4.69, 9.17) is 4.74 Å². The van der Waals surface area contributed by atoms with Crippen LogP contribution in [0.5, 0.6) is 11.5 Å². The van der Waals surface area contributed by atoms with Gasteiger partial charge >= 0.3 is 0 Å². The number of nitrogens with one attached hydrogen (secondary N) is 1. The van der Waals surface area contributed by atoms with Gasteiger partial charge in [0.2, 0.25) is 0 Å². The summed E-state index contributed by atoms with van der Waals surface area (Å²) in [7, 11) is 0. The summed E-state index contributed by atoms with van der Waals surface area (Å²) in [6.07, 6.45) is 1.38. The second kappa shape index (κ2) is 9.70. The number of hydrogen-bond acceptors (Lipinski definition) is 4. The SMILES string of the molecule is O=C(COc1ccc(-c2ccccc2)cc1)N/N=C/c1cc(Br)cc(I)c1O. The third-order valence-electron chi connectivity index (χ3n) is 3.78. The molecule has 0 heterocycles. The van der Waals surface area contributed by atoms with E-state index >= 15 is 0 Å². The molecule has 3 aromatic carbocycles. The van der Waals surface area contributed by atoms with Gasteiger partial charge in [-0.1, -0.05) is 58.4 Å². The van der Waals surface area contributed by atoms with Gasteiger partial charge in [0.25, 0.3) is 5.91 Å². The molecular formula is C21H16BrIN2O3. The maximum atomic E-state index is 11.9. The fraction of sp³-hybridized carbons (Fsp3) is 0.0476. The Labute approximate surface area is 184 Å². The first kappa shape index (κ1) is 20.3. The van der Waals surface area contributed by atoms with Crippen molar-refractivity contribution in [2.24, 2.45) is 5.10 Å². The predicted molar refractivity (Wildman–Crippen MR) is 122 cm³/mol.